The molecule has 0 aliphatic heterocycles. The Hall–Kier alpha value is 0. The van der Waals surface area contributed by atoms with E-state index < -0.39 is 0 Å². The highest BCUT2D eigenvalue weighted by atomic mass is 14.4. The normalized spacial score (nSPS) is 39.6. The molecule has 5 aliphatic rings. The molecule has 250 valence electrons. The number of hydrogen-bond acceptors (Lipinski definition) is 0. The maximum absolute atomic E-state index is 1.60. The molecule has 43 heavy (non-hydrogen) atoms. The summed E-state index contributed by atoms with van der Waals surface area (Å²) in [6, 6.07) is 0. The number of fused-ring (bicyclic) bond motifs is 4. The standard InChI is InChI=1S/C43H78/c1-2-4-7-11-21-37-26-17-28-39-29-18-27-38-25-16-15-24-36-20-12-9-6-10-14-22-40(36)32-34-42(38)30-19-31-43(39)35-33-41(37)23-13-8-5-3-1/h36-43H,1-35H2. The maximum atomic E-state index is 1.60. The summed E-state index contributed by atoms with van der Waals surface area (Å²) < 4.78 is 0. The van der Waals surface area contributed by atoms with E-state index >= 15 is 0 Å². The topological polar surface area (TPSA) is 0 Å². The van der Waals surface area contributed by atoms with Crippen LogP contribution in [0.2, 0.25) is 0 Å². The molecule has 0 amide bonds. The molecule has 0 heteroatoms. The average molecular weight is 595 g/mol. The summed E-state index contributed by atoms with van der Waals surface area (Å²) >= 11 is 0. The summed E-state index contributed by atoms with van der Waals surface area (Å²) in [5.41, 5.74) is 0. The molecule has 0 saturated heterocycles. The van der Waals surface area contributed by atoms with Gasteiger partial charge in [-0.1, -0.05) is 199 Å². The zero-order valence-electron chi connectivity index (χ0n) is 29.4. The minimum atomic E-state index is 1.07. The van der Waals surface area contributed by atoms with Gasteiger partial charge in [0.05, 0.1) is 0 Å². The largest absolute Gasteiger partial charge is 0.0533 e. The zero-order chi connectivity index (χ0) is 29.4. The van der Waals surface area contributed by atoms with Crippen molar-refractivity contribution in [1.29, 1.82) is 0 Å². The van der Waals surface area contributed by atoms with Crippen LogP contribution in [0.4, 0.5) is 0 Å². The van der Waals surface area contributed by atoms with Crippen LogP contribution in [0.15, 0.2) is 0 Å². The Balaban J connectivity index is 1.19. The fourth-order valence-electron chi connectivity index (χ4n) is 11.9. The van der Waals surface area contributed by atoms with E-state index in [0.29, 0.717) is 0 Å². The van der Waals surface area contributed by atoms with Crippen LogP contribution in [-0.2, 0) is 0 Å². The molecule has 0 aromatic carbocycles. The molecule has 0 heterocycles. The van der Waals surface area contributed by atoms with Gasteiger partial charge in [-0.25, -0.2) is 0 Å². The van der Waals surface area contributed by atoms with Crippen LogP contribution < -0.4 is 0 Å². The van der Waals surface area contributed by atoms with Crippen LogP contribution in [0.25, 0.3) is 0 Å². The van der Waals surface area contributed by atoms with Gasteiger partial charge in [-0.05, 0) is 73.0 Å². The molecule has 8 atom stereocenters. The van der Waals surface area contributed by atoms with Crippen molar-refractivity contribution >= 4 is 0 Å². The van der Waals surface area contributed by atoms with E-state index in [2.05, 4.69) is 0 Å². The third-order valence-electron chi connectivity index (χ3n) is 14.6. The van der Waals surface area contributed by atoms with E-state index in [9.17, 15) is 0 Å². The Labute approximate surface area is 271 Å². The van der Waals surface area contributed by atoms with Gasteiger partial charge in [0, 0.05) is 0 Å². The quantitative estimate of drug-likeness (QED) is 0.262. The van der Waals surface area contributed by atoms with E-state index in [-0.39, 0.29) is 0 Å². The van der Waals surface area contributed by atoms with E-state index in [4.69, 9.17) is 0 Å². The summed E-state index contributed by atoms with van der Waals surface area (Å²) in [5.74, 6) is 8.57. The van der Waals surface area contributed by atoms with Gasteiger partial charge >= 0.3 is 0 Å². The van der Waals surface area contributed by atoms with E-state index in [1.54, 1.807) is 154 Å². The van der Waals surface area contributed by atoms with Crippen LogP contribution in [0.3, 0.4) is 0 Å². The Morgan fingerprint density at radius 3 is 0.488 bits per heavy atom. The predicted octanol–water partition coefficient (Wildman–Crippen LogP) is 14.6. The first-order chi connectivity index (χ1) is 21.4. The van der Waals surface area contributed by atoms with Gasteiger partial charge in [0.1, 0.15) is 0 Å². The molecule has 0 N–H and O–H groups in total. The van der Waals surface area contributed by atoms with Crippen molar-refractivity contribution in [2.75, 3.05) is 0 Å². The highest BCUT2D eigenvalue weighted by Gasteiger charge is 2.32. The molecule has 0 aromatic rings. The van der Waals surface area contributed by atoms with Crippen molar-refractivity contribution in [3.8, 4) is 0 Å². The molecule has 5 saturated carbocycles. The van der Waals surface area contributed by atoms with Crippen LogP contribution in [0.5, 0.6) is 0 Å². The second-order valence-corrected chi connectivity index (χ2v) is 17.4. The van der Waals surface area contributed by atoms with E-state index in [1.807, 2.05) is 0 Å². The summed E-state index contributed by atoms with van der Waals surface area (Å²) in [5, 5.41) is 0. The molecule has 0 radical (unpaired) electrons. The lowest BCUT2D eigenvalue weighted by atomic mass is 9.70. The molecule has 5 aliphatic carbocycles. The highest BCUT2D eigenvalue weighted by molar-refractivity contribution is 4.84. The highest BCUT2D eigenvalue weighted by Crippen LogP contribution is 2.45. The van der Waals surface area contributed by atoms with Gasteiger partial charge in [0.25, 0.3) is 0 Å². The van der Waals surface area contributed by atoms with Crippen LogP contribution in [-0.4, -0.2) is 0 Å². The zero-order valence-corrected chi connectivity index (χ0v) is 29.4. The number of hydrogen-bond donors (Lipinski definition) is 0. The van der Waals surface area contributed by atoms with Crippen molar-refractivity contribution in [2.45, 2.75) is 225 Å². The van der Waals surface area contributed by atoms with E-state index in [1.165, 1.54) is 70.6 Å². The lowest BCUT2D eigenvalue weighted by Crippen LogP contribution is -2.24. The van der Waals surface area contributed by atoms with Gasteiger partial charge < -0.3 is 0 Å². The van der Waals surface area contributed by atoms with Crippen LogP contribution in [0, 0.1) is 47.3 Å². The third-order valence-corrected chi connectivity index (χ3v) is 14.6. The minimum absolute atomic E-state index is 1.07. The van der Waals surface area contributed by atoms with Gasteiger partial charge in [-0.3, -0.25) is 0 Å². The Morgan fingerprint density at radius 2 is 0.256 bits per heavy atom. The Morgan fingerprint density at radius 1 is 0.116 bits per heavy atom. The minimum Gasteiger partial charge on any atom is -0.0533 e. The molecule has 0 bridgehead atoms. The summed E-state index contributed by atoms with van der Waals surface area (Å²) in [6.45, 7) is 0. The predicted molar refractivity (Wildman–Crippen MR) is 190 cm³/mol. The van der Waals surface area contributed by atoms with Gasteiger partial charge in [0.15, 0.2) is 0 Å². The Kier molecular flexibility index (Phi) is 16.2. The first kappa shape index (κ1) is 34.3. The monoisotopic (exact) mass is 595 g/mol. The molecular weight excluding hydrogens is 516 g/mol. The van der Waals surface area contributed by atoms with Crippen molar-refractivity contribution < 1.29 is 0 Å². The van der Waals surface area contributed by atoms with Gasteiger partial charge in [-0.15, -0.1) is 0 Å². The summed E-state index contributed by atoms with van der Waals surface area (Å²) in [6.07, 6.45) is 54.6. The fourth-order valence-corrected chi connectivity index (χ4v) is 11.9. The summed E-state index contributed by atoms with van der Waals surface area (Å²) in [4.78, 5) is 0. The number of rotatable bonds is 0. The smallest absolute Gasteiger partial charge is 0.0386 e. The summed E-state index contributed by atoms with van der Waals surface area (Å²) in [7, 11) is 0. The molecule has 0 aromatic heterocycles. The molecule has 5 fully saturated rings. The molecule has 0 nitrogen and oxygen atoms in total. The van der Waals surface area contributed by atoms with Crippen molar-refractivity contribution in [3.63, 3.8) is 0 Å². The SMILES string of the molecule is C1CCCCCC2CCCC3CCCC4CCCCC5CCCCCCCC5CCC4CCCC3CCC2CCCCC1. The average Bonchev–Trinajstić information content (AvgIpc) is 3.18. The fraction of sp³-hybridized carbons (Fsp3) is 1.00. The van der Waals surface area contributed by atoms with Crippen LogP contribution >= 0.6 is 0 Å². The molecule has 5 rings (SSSR count). The van der Waals surface area contributed by atoms with Crippen LogP contribution in [0.1, 0.15) is 225 Å². The molecular formula is C43H78. The van der Waals surface area contributed by atoms with Crippen molar-refractivity contribution in [2.24, 2.45) is 47.3 Å². The lowest BCUT2D eigenvalue weighted by Gasteiger charge is -2.36. The lowest BCUT2D eigenvalue weighted by molar-refractivity contribution is 0.155. The van der Waals surface area contributed by atoms with Gasteiger partial charge in [-0.2, -0.15) is 0 Å². The second kappa shape index (κ2) is 20.3. The molecule has 8 unspecified atom stereocenters. The first-order valence-electron chi connectivity index (χ1n) is 21.4. The third kappa shape index (κ3) is 11.9. The molecule has 0 spiro atoms. The van der Waals surface area contributed by atoms with Crippen molar-refractivity contribution in [3.05, 3.63) is 0 Å². The Bertz CT molecular complexity index is 694. The van der Waals surface area contributed by atoms with Crippen molar-refractivity contribution in [1.82, 2.24) is 0 Å². The van der Waals surface area contributed by atoms with E-state index in [0.717, 1.165) is 47.3 Å². The second-order valence-electron chi connectivity index (χ2n) is 17.4. The maximum Gasteiger partial charge on any atom is -0.0386 e. The first-order valence-corrected chi connectivity index (χ1v) is 21.4. The van der Waals surface area contributed by atoms with Gasteiger partial charge in [0.2, 0.25) is 0 Å².